The number of hydrogen-bond donors (Lipinski definition) is 2. The Kier molecular flexibility index (Phi) is 3.18. The number of nitrogens with one attached hydrogen (secondary N) is 1. The lowest BCUT2D eigenvalue weighted by Gasteiger charge is -2.18. The van der Waals surface area contributed by atoms with Crippen molar-refractivity contribution in [3.8, 4) is 0 Å². The van der Waals surface area contributed by atoms with E-state index in [4.69, 9.17) is 5.11 Å². The molecular weight excluding hydrogens is 183 g/mol. The van der Waals surface area contributed by atoms with Crippen molar-refractivity contribution in [1.82, 2.24) is 5.32 Å². The van der Waals surface area contributed by atoms with E-state index in [1.165, 1.54) is 0 Å². The number of aliphatic hydroxyl groups excluding tert-OH is 1. The summed E-state index contributed by atoms with van der Waals surface area (Å²) in [4.78, 5) is 0. The smallest absolute Gasteiger partial charge is 0.382 e. The van der Waals surface area contributed by atoms with Gasteiger partial charge in [0, 0.05) is 12.6 Å². The molecule has 1 fully saturated rings. The molecular formula is C8H14F3NO. The summed E-state index contributed by atoms with van der Waals surface area (Å²) in [7, 11) is 0. The minimum atomic E-state index is -4.50. The lowest BCUT2D eigenvalue weighted by molar-refractivity contribution is -0.202. The molecule has 1 aliphatic carbocycles. The van der Waals surface area contributed by atoms with Gasteiger partial charge in [-0.25, -0.2) is 0 Å². The number of halogens is 3. The molecule has 2 atom stereocenters. The summed E-state index contributed by atoms with van der Waals surface area (Å²) in [6.07, 6.45) is -4.59. The Bertz CT molecular complexity index is 167. The van der Waals surface area contributed by atoms with Crippen molar-refractivity contribution in [3.63, 3.8) is 0 Å². The molecule has 0 bridgehead atoms. The Morgan fingerprint density at radius 2 is 2.00 bits per heavy atom. The SMILES string of the molecule is CC(NCC(O)C(F)(F)F)C1CC1. The van der Waals surface area contributed by atoms with Crippen LogP contribution in [0, 0.1) is 5.92 Å². The van der Waals surface area contributed by atoms with Crippen LogP contribution in [0.5, 0.6) is 0 Å². The number of alkyl halides is 3. The van der Waals surface area contributed by atoms with Gasteiger partial charge in [0.2, 0.25) is 0 Å². The van der Waals surface area contributed by atoms with E-state index in [1.807, 2.05) is 6.92 Å². The van der Waals surface area contributed by atoms with Gasteiger partial charge < -0.3 is 10.4 Å². The quantitative estimate of drug-likeness (QED) is 0.712. The third-order valence-electron chi connectivity index (χ3n) is 2.34. The maximum absolute atomic E-state index is 11.8. The third kappa shape index (κ3) is 3.52. The van der Waals surface area contributed by atoms with Gasteiger partial charge in [-0.3, -0.25) is 0 Å². The maximum atomic E-state index is 11.8. The van der Waals surface area contributed by atoms with Crippen LogP contribution in [-0.2, 0) is 0 Å². The fraction of sp³-hybridized carbons (Fsp3) is 1.00. The highest BCUT2D eigenvalue weighted by molar-refractivity contribution is 4.84. The molecule has 0 amide bonds. The summed E-state index contributed by atoms with van der Waals surface area (Å²) in [5.74, 6) is 0.500. The first kappa shape index (κ1) is 10.8. The van der Waals surface area contributed by atoms with Crippen LogP contribution in [0.25, 0.3) is 0 Å². The van der Waals surface area contributed by atoms with Crippen molar-refractivity contribution in [2.24, 2.45) is 5.92 Å². The van der Waals surface area contributed by atoms with Gasteiger partial charge in [0.1, 0.15) is 0 Å². The van der Waals surface area contributed by atoms with Crippen LogP contribution >= 0.6 is 0 Å². The van der Waals surface area contributed by atoms with Crippen LogP contribution in [0.15, 0.2) is 0 Å². The molecule has 0 radical (unpaired) electrons. The highest BCUT2D eigenvalue weighted by atomic mass is 19.4. The van der Waals surface area contributed by atoms with Gasteiger partial charge in [-0.1, -0.05) is 0 Å². The maximum Gasteiger partial charge on any atom is 0.415 e. The number of aliphatic hydroxyl groups is 1. The fourth-order valence-corrected chi connectivity index (χ4v) is 1.18. The minimum absolute atomic E-state index is 0.0806. The molecule has 0 aliphatic heterocycles. The number of rotatable bonds is 4. The lowest BCUT2D eigenvalue weighted by atomic mass is 10.2. The van der Waals surface area contributed by atoms with E-state index in [1.54, 1.807) is 0 Å². The van der Waals surface area contributed by atoms with E-state index < -0.39 is 18.8 Å². The van der Waals surface area contributed by atoms with E-state index in [9.17, 15) is 13.2 Å². The molecule has 0 saturated heterocycles. The Labute approximate surface area is 75.1 Å². The van der Waals surface area contributed by atoms with Gasteiger partial charge in [-0.05, 0) is 25.7 Å². The van der Waals surface area contributed by atoms with E-state index in [2.05, 4.69) is 5.32 Å². The highest BCUT2D eigenvalue weighted by Gasteiger charge is 2.38. The lowest BCUT2D eigenvalue weighted by Crippen LogP contribution is -2.42. The molecule has 0 aromatic rings. The first-order valence-corrected chi connectivity index (χ1v) is 4.39. The zero-order valence-corrected chi connectivity index (χ0v) is 7.43. The summed E-state index contributed by atoms with van der Waals surface area (Å²) in [6.45, 7) is 1.45. The fourth-order valence-electron chi connectivity index (χ4n) is 1.18. The predicted octanol–water partition coefficient (Wildman–Crippen LogP) is 1.30. The molecule has 0 heterocycles. The van der Waals surface area contributed by atoms with E-state index >= 15 is 0 Å². The second kappa shape index (κ2) is 3.84. The van der Waals surface area contributed by atoms with Crippen LogP contribution in [0.1, 0.15) is 19.8 Å². The van der Waals surface area contributed by atoms with Crippen molar-refractivity contribution >= 4 is 0 Å². The normalized spacial score (nSPS) is 22.8. The molecule has 78 valence electrons. The molecule has 0 aromatic carbocycles. The molecule has 13 heavy (non-hydrogen) atoms. The molecule has 1 rings (SSSR count). The third-order valence-corrected chi connectivity index (χ3v) is 2.34. The average Bonchev–Trinajstić information content (AvgIpc) is 2.79. The molecule has 2 unspecified atom stereocenters. The Hall–Kier alpha value is -0.290. The molecule has 1 saturated carbocycles. The summed E-state index contributed by atoms with van der Waals surface area (Å²) in [5.41, 5.74) is 0. The van der Waals surface area contributed by atoms with E-state index in [0.717, 1.165) is 12.8 Å². The van der Waals surface area contributed by atoms with E-state index in [-0.39, 0.29) is 6.04 Å². The van der Waals surface area contributed by atoms with Crippen LogP contribution in [-0.4, -0.2) is 30.0 Å². The number of hydrogen-bond acceptors (Lipinski definition) is 2. The van der Waals surface area contributed by atoms with Gasteiger partial charge in [0.05, 0.1) is 0 Å². The van der Waals surface area contributed by atoms with Crippen molar-refractivity contribution < 1.29 is 18.3 Å². The Morgan fingerprint density at radius 1 is 1.46 bits per heavy atom. The van der Waals surface area contributed by atoms with Gasteiger partial charge in [0.15, 0.2) is 6.10 Å². The molecule has 2 N–H and O–H groups in total. The second-order valence-electron chi connectivity index (χ2n) is 3.59. The Morgan fingerprint density at radius 3 is 2.38 bits per heavy atom. The standard InChI is InChI=1S/C8H14F3NO/c1-5(6-2-3-6)12-4-7(13)8(9,10)11/h5-7,12-13H,2-4H2,1H3. The van der Waals surface area contributed by atoms with Crippen molar-refractivity contribution in [1.29, 1.82) is 0 Å². The summed E-state index contributed by atoms with van der Waals surface area (Å²) in [6, 6.07) is 0.0806. The van der Waals surface area contributed by atoms with Crippen molar-refractivity contribution in [2.75, 3.05) is 6.54 Å². The van der Waals surface area contributed by atoms with Crippen molar-refractivity contribution in [3.05, 3.63) is 0 Å². The van der Waals surface area contributed by atoms with Crippen LogP contribution in [0.3, 0.4) is 0 Å². The first-order valence-electron chi connectivity index (χ1n) is 4.39. The molecule has 0 spiro atoms. The van der Waals surface area contributed by atoms with Crippen LogP contribution in [0.4, 0.5) is 13.2 Å². The molecule has 2 nitrogen and oxygen atoms in total. The zero-order valence-electron chi connectivity index (χ0n) is 7.43. The van der Waals surface area contributed by atoms with Crippen LogP contribution in [0.2, 0.25) is 0 Å². The topological polar surface area (TPSA) is 32.3 Å². The molecule has 1 aliphatic rings. The van der Waals surface area contributed by atoms with Gasteiger partial charge in [-0.15, -0.1) is 0 Å². The largest absolute Gasteiger partial charge is 0.415 e. The molecule has 0 aromatic heterocycles. The summed E-state index contributed by atoms with van der Waals surface area (Å²) >= 11 is 0. The van der Waals surface area contributed by atoms with Gasteiger partial charge in [-0.2, -0.15) is 13.2 Å². The molecule has 5 heteroatoms. The van der Waals surface area contributed by atoms with Crippen LogP contribution < -0.4 is 5.32 Å². The second-order valence-corrected chi connectivity index (χ2v) is 3.59. The highest BCUT2D eigenvalue weighted by Crippen LogP contribution is 2.32. The van der Waals surface area contributed by atoms with Crippen molar-refractivity contribution in [2.45, 2.75) is 38.1 Å². The minimum Gasteiger partial charge on any atom is -0.382 e. The Balaban J connectivity index is 2.17. The predicted molar refractivity (Wildman–Crippen MR) is 42.3 cm³/mol. The van der Waals surface area contributed by atoms with E-state index in [0.29, 0.717) is 5.92 Å². The van der Waals surface area contributed by atoms with Gasteiger partial charge in [0.25, 0.3) is 0 Å². The monoisotopic (exact) mass is 197 g/mol. The summed E-state index contributed by atoms with van der Waals surface area (Å²) in [5, 5.41) is 11.3. The average molecular weight is 197 g/mol. The summed E-state index contributed by atoms with van der Waals surface area (Å²) < 4.78 is 35.5. The first-order chi connectivity index (χ1) is 5.91. The zero-order chi connectivity index (χ0) is 10.1. The van der Waals surface area contributed by atoms with Gasteiger partial charge >= 0.3 is 6.18 Å².